The van der Waals surface area contributed by atoms with Crippen molar-refractivity contribution in [2.75, 3.05) is 46.0 Å². The van der Waals surface area contributed by atoms with Crippen molar-refractivity contribution in [1.29, 1.82) is 0 Å². The maximum atomic E-state index is 10.9. The molecular weight excluding hydrogens is 383 g/mol. The normalized spacial score (nSPS) is 13.7. The number of halogens is 1. The van der Waals surface area contributed by atoms with E-state index in [4.69, 9.17) is 14.7 Å². The monoisotopic (exact) mass is 418 g/mol. The van der Waals surface area contributed by atoms with Gasteiger partial charge < -0.3 is 14.9 Å². The molecule has 1 fully saturated rings. The van der Waals surface area contributed by atoms with E-state index in [9.17, 15) is 4.39 Å². The van der Waals surface area contributed by atoms with Crippen molar-refractivity contribution in [3.63, 3.8) is 0 Å². The zero-order valence-corrected chi connectivity index (χ0v) is 18.9. The predicted octanol–water partition coefficient (Wildman–Crippen LogP) is 4.61. The average molecular weight is 419 g/mol. The summed E-state index contributed by atoms with van der Waals surface area (Å²) in [5.41, 5.74) is 8.83. The van der Waals surface area contributed by atoms with Crippen LogP contribution in [-0.2, 0) is 17.6 Å². The number of hydrazine groups is 1. The fourth-order valence-corrected chi connectivity index (χ4v) is 3.39. The van der Waals surface area contributed by atoms with E-state index in [0.29, 0.717) is 0 Å². The van der Waals surface area contributed by atoms with Gasteiger partial charge in [-0.25, -0.2) is 19.4 Å². The Morgan fingerprint density at radius 3 is 2.27 bits per heavy atom. The number of hydrogen-bond donors (Lipinski definition) is 1. The number of methoxy groups -OCH3 is 2. The minimum atomic E-state index is -0.378. The van der Waals surface area contributed by atoms with E-state index in [1.807, 2.05) is 6.07 Å². The highest BCUT2D eigenvalue weighted by molar-refractivity contribution is 5.68. The van der Waals surface area contributed by atoms with E-state index in [-0.39, 0.29) is 13.3 Å². The molecule has 1 saturated heterocycles. The number of benzene rings is 1. The molecule has 1 aromatic heterocycles. The highest BCUT2D eigenvalue weighted by Gasteiger charge is 2.18. The van der Waals surface area contributed by atoms with Crippen molar-refractivity contribution >= 4 is 5.82 Å². The summed E-state index contributed by atoms with van der Waals surface area (Å²) in [5.74, 6) is 1.78. The second kappa shape index (κ2) is 12.4. The van der Waals surface area contributed by atoms with Gasteiger partial charge in [0.2, 0.25) is 0 Å². The van der Waals surface area contributed by atoms with Crippen LogP contribution in [0.2, 0.25) is 0 Å². The summed E-state index contributed by atoms with van der Waals surface area (Å²) in [6.07, 6.45) is 4.19. The Balaban J connectivity index is 0.000000575. The molecule has 1 aliphatic rings. The van der Waals surface area contributed by atoms with Crippen LogP contribution in [0, 0.1) is 6.92 Å². The molecule has 3 rings (SSSR count). The van der Waals surface area contributed by atoms with Gasteiger partial charge >= 0.3 is 0 Å². The Morgan fingerprint density at radius 1 is 1.07 bits per heavy atom. The fraction of sp³-hybridized carbons (Fsp3) is 0.565. The smallest absolute Gasteiger partial charge is 0.162 e. The van der Waals surface area contributed by atoms with E-state index >= 15 is 0 Å². The lowest BCUT2D eigenvalue weighted by Crippen LogP contribution is -2.28. The van der Waals surface area contributed by atoms with Crippen LogP contribution in [0.4, 0.5) is 10.2 Å². The Bertz CT molecular complexity index is 793. The Kier molecular flexibility index (Phi) is 9.97. The Labute approximate surface area is 179 Å². The third-order valence-corrected chi connectivity index (χ3v) is 5.05. The number of nitrogens with one attached hydrogen (secondary N) is 1. The predicted molar refractivity (Wildman–Crippen MR) is 120 cm³/mol. The first-order valence-electron chi connectivity index (χ1n) is 10.7. The van der Waals surface area contributed by atoms with Gasteiger partial charge in [-0.15, -0.1) is 0 Å². The molecule has 7 heteroatoms. The molecule has 166 valence electrons. The lowest BCUT2D eigenvalue weighted by atomic mass is 10.0. The van der Waals surface area contributed by atoms with E-state index in [1.54, 1.807) is 7.11 Å². The molecule has 6 nitrogen and oxygen atoms in total. The maximum absolute atomic E-state index is 10.9. The summed E-state index contributed by atoms with van der Waals surface area (Å²) in [6.45, 7) is 8.36. The van der Waals surface area contributed by atoms with Crippen molar-refractivity contribution in [2.45, 2.75) is 46.5 Å². The van der Waals surface area contributed by atoms with Crippen molar-refractivity contribution in [2.24, 2.45) is 0 Å². The SMILES string of the molecule is CCc1nc(-c2ccc(OC)cc2C)c(CC)nc1NN1CCCC1.COCCF. The van der Waals surface area contributed by atoms with E-state index < -0.39 is 0 Å². The number of anilines is 1. The van der Waals surface area contributed by atoms with Gasteiger partial charge in [0, 0.05) is 25.8 Å². The van der Waals surface area contributed by atoms with Gasteiger partial charge in [-0.2, -0.15) is 0 Å². The molecule has 2 aromatic rings. The van der Waals surface area contributed by atoms with Crippen LogP contribution in [0.25, 0.3) is 11.3 Å². The number of aryl methyl sites for hydroxylation is 3. The molecule has 30 heavy (non-hydrogen) atoms. The highest BCUT2D eigenvalue weighted by Crippen LogP contribution is 2.30. The maximum Gasteiger partial charge on any atom is 0.162 e. The summed E-state index contributed by atoms with van der Waals surface area (Å²) < 4.78 is 20.5. The van der Waals surface area contributed by atoms with Crippen LogP contribution in [0.5, 0.6) is 5.75 Å². The third-order valence-electron chi connectivity index (χ3n) is 5.05. The number of aromatic nitrogens is 2. The zero-order chi connectivity index (χ0) is 21.9. The van der Waals surface area contributed by atoms with Crippen LogP contribution >= 0.6 is 0 Å². The van der Waals surface area contributed by atoms with E-state index in [0.717, 1.165) is 65.7 Å². The van der Waals surface area contributed by atoms with Gasteiger partial charge in [0.25, 0.3) is 0 Å². The standard InChI is InChI=1S/C20H28N4O.C3H7FO/c1-5-17-19(16-10-9-15(25-4)13-14(16)3)21-18(6-2)20(22-17)23-24-11-7-8-12-24;1-5-3-2-4/h9-10,13H,5-8,11-12H2,1-4H3,(H,22,23);2-3H2,1H3. The second-order valence-corrected chi connectivity index (χ2v) is 7.19. The summed E-state index contributed by atoms with van der Waals surface area (Å²) >= 11 is 0. The largest absolute Gasteiger partial charge is 0.497 e. The summed E-state index contributed by atoms with van der Waals surface area (Å²) in [5, 5.41) is 2.25. The lowest BCUT2D eigenvalue weighted by molar-refractivity contribution is 0.175. The molecular formula is C23H35FN4O2. The van der Waals surface area contributed by atoms with Gasteiger partial charge in [-0.1, -0.05) is 13.8 Å². The molecule has 2 heterocycles. The Morgan fingerprint density at radius 2 is 1.77 bits per heavy atom. The quantitative estimate of drug-likeness (QED) is 0.676. The van der Waals surface area contributed by atoms with Gasteiger partial charge in [0.15, 0.2) is 5.82 Å². The first kappa shape index (κ1) is 24.0. The van der Waals surface area contributed by atoms with Gasteiger partial charge in [-0.05, 0) is 56.4 Å². The zero-order valence-electron chi connectivity index (χ0n) is 18.9. The molecule has 0 spiro atoms. The van der Waals surface area contributed by atoms with Crippen molar-refractivity contribution in [3.8, 4) is 17.0 Å². The number of nitrogens with zero attached hydrogens (tertiary/aromatic N) is 3. The van der Waals surface area contributed by atoms with Crippen molar-refractivity contribution in [1.82, 2.24) is 15.0 Å². The second-order valence-electron chi connectivity index (χ2n) is 7.19. The topological polar surface area (TPSA) is 59.5 Å². The van der Waals surface area contributed by atoms with Crippen molar-refractivity contribution < 1.29 is 13.9 Å². The highest BCUT2D eigenvalue weighted by atomic mass is 19.1. The van der Waals surface area contributed by atoms with E-state index in [2.05, 4.69) is 48.1 Å². The van der Waals surface area contributed by atoms with Gasteiger partial charge in [0.1, 0.15) is 12.4 Å². The molecule has 0 unspecified atom stereocenters. The summed E-state index contributed by atoms with van der Waals surface area (Å²) in [4.78, 5) is 9.94. The third kappa shape index (κ3) is 6.37. The first-order valence-corrected chi connectivity index (χ1v) is 10.7. The Hall–Kier alpha value is -2.25. The number of hydrogen-bond acceptors (Lipinski definition) is 6. The number of rotatable bonds is 8. The molecule has 1 aromatic carbocycles. The van der Waals surface area contributed by atoms with Crippen LogP contribution in [0.15, 0.2) is 18.2 Å². The molecule has 0 amide bonds. The minimum Gasteiger partial charge on any atom is -0.497 e. The number of alkyl halides is 1. The van der Waals surface area contributed by atoms with Crippen LogP contribution in [0.3, 0.4) is 0 Å². The van der Waals surface area contributed by atoms with Gasteiger partial charge in [0.05, 0.1) is 30.8 Å². The van der Waals surface area contributed by atoms with Crippen LogP contribution < -0.4 is 10.2 Å². The molecule has 1 aliphatic heterocycles. The molecule has 0 aliphatic carbocycles. The van der Waals surface area contributed by atoms with Crippen molar-refractivity contribution in [3.05, 3.63) is 35.2 Å². The molecule has 0 bridgehead atoms. The summed E-state index contributed by atoms with van der Waals surface area (Å²) in [7, 11) is 3.17. The lowest BCUT2D eigenvalue weighted by Gasteiger charge is -2.21. The molecule has 0 saturated carbocycles. The van der Waals surface area contributed by atoms with Crippen LogP contribution in [-0.4, -0.2) is 55.6 Å². The average Bonchev–Trinajstić information content (AvgIpc) is 3.27. The number of ether oxygens (including phenoxy) is 2. The fourth-order valence-electron chi connectivity index (χ4n) is 3.39. The summed E-state index contributed by atoms with van der Waals surface area (Å²) in [6, 6.07) is 6.13. The van der Waals surface area contributed by atoms with Crippen LogP contribution in [0.1, 0.15) is 43.6 Å². The first-order chi connectivity index (χ1) is 14.6. The molecule has 1 N–H and O–H groups in total. The van der Waals surface area contributed by atoms with Gasteiger partial charge in [-0.3, -0.25) is 0 Å². The minimum absolute atomic E-state index is 0.222. The van der Waals surface area contributed by atoms with E-state index in [1.165, 1.54) is 20.0 Å². The molecule has 0 radical (unpaired) electrons. The molecule has 0 atom stereocenters.